The summed E-state index contributed by atoms with van der Waals surface area (Å²) in [5, 5.41) is 6.90. The van der Waals surface area contributed by atoms with E-state index in [-0.39, 0.29) is 0 Å². The third-order valence-corrected chi connectivity index (χ3v) is 4.55. The van der Waals surface area contributed by atoms with Gasteiger partial charge in [0.1, 0.15) is 5.82 Å². The molecule has 1 aromatic heterocycles. The highest BCUT2D eigenvalue weighted by Gasteiger charge is 2.13. The Labute approximate surface area is 147 Å². The highest BCUT2D eigenvalue weighted by atomic mass is 15.2. The smallest absolute Gasteiger partial charge is 0.191 e. The second-order valence-corrected chi connectivity index (χ2v) is 6.68. The number of hydrogen-bond donors (Lipinski definition) is 2. The fourth-order valence-corrected chi connectivity index (χ4v) is 3.08. The summed E-state index contributed by atoms with van der Waals surface area (Å²) in [6.45, 7) is 7.49. The Bertz CT molecular complexity index is 508. The van der Waals surface area contributed by atoms with E-state index in [2.05, 4.69) is 51.5 Å². The lowest BCUT2D eigenvalue weighted by molar-refractivity contribution is 0.546. The van der Waals surface area contributed by atoms with Crippen LogP contribution in [0.15, 0.2) is 23.3 Å². The van der Waals surface area contributed by atoms with E-state index in [1.165, 1.54) is 44.1 Å². The van der Waals surface area contributed by atoms with Crippen molar-refractivity contribution >= 4 is 11.8 Å². The molecule has 1 unspecified atom stereocenters. The van der Waals surface area contributed by atoms with Crippen molar-refractivity contribution in [3.8, 4) is 0 Å². The van der Waals surface area contributed by atoms with Gasteiger partial charge in [-0.05, 0) is 43.9 Å². The van der Waals surface area contributed by atoms with Gasteiger partial charge in [0.05, 0.1) is 0 Å². The summed E-state index contributed by atoms with van der Waals surface area (Å²) in [6.07, 6.45) is 9.48. The van der Waals surface area contributed by atoms with Crippen molar-refractivity contribution in [3.63, 3.8) is 0 Å². The van der Waals surface area contributed by atoms with Gasteiger partial charge in [0.25, 0.3) is 0 Å². The largest absolute Gasteiger partial charge is 0.357 e. The fraction of sp³-hybridized carbons (Fsp3) is 0.684. The zero-order chi connectivity index (χ0) is 17.2. The number of rotatable bonds is 8. The van der Waals surface area contributed by atoms with Crippen LogP contribution in [0.1, 0.15) is 57.9 Å². The molecule has 0 saturated carbocycles. The number of aliphatic imine (C=N–C) groups is 1. The summed E-state index contributed by atoms with van der Waals surface area (Å²) < 4.78 is 0. The molecule has 1 saturated heterocycles. The Balaban J connectivity index is 1.81. The number of nitrogens with one attached hydrogen (secondary N) is 2. The van der Waals surface area contributed by atoms with Crippen molar-refractivity contribution in [1.29, 1.82) is 0 Å². The van der Waals surface area contributed by atoms with Crippen LogP contribution in [0.25, 0.3) is 0 Å². The Morgan fingerprint density at radius 1 is 1.33 bits per heavy atom. The second kappa shape index (κ2) is 10.2. The number of guanidine groups is 1. The van der Waals surface area contributed by atoms with Gasteiger partial charge in [0, 0.05) is 38.9 Å². The van der Waals surface area contributed by atoms with Crippen molar-refractivity contribution in [3.05, 3.63) is 23.9 Å². The quantitative estimate of drug-likeness (QED) is 0.436. The molecule has 2 heterocycles. The van der Waals surface area contributed by atoms with Gasteiger partial charge in [0.15, 0.2) is 5.96 Å². The van der Waals surface area contributed by atoms with Crippen molar-refractivity contribution < 1.29 is 0 Å². The van der Waals surface area contributed by atoms with Crippen LogP contribution in [0.4, 0.5) is 5.82 Å². The van der Waals surface area contributed by atoms with E-state index in [1.807, 2.05) is 13.2 Å². The van der Waals surface area contributed by atoms with E-state index in [0.717, 1.165) is 31.4 Å². The van der Waals surface area contributed by atoms with Crippen LogP contribution in [-0.2, 0) is 6.54 Å². The monoisotopic (exact) mass is 331 g/mol. The first-order valence-electron chi connectivity index (χ1n) is 9.40. The average Bonchev–Trinajstić information content (AvgIpc) is 3.14. The highest BCUT2D eigenvalue weighted by molar-refractivity contribution is 5.79. The number of aromatic nitrogens is 1. The predicted octanol–water partition coefficient (Wildman–Crippen LogP) is 3.32. The molecule has 134 valence electrons. The molecule has 1 aromatic rings. The summed E-state index contributed by atoms with van der Waals surface area (Å²) in [4.78, 5) is 11.2. The summed E-state index contributed by atoms with van der Waals surface area (Å²) in [7, 11) is 1.83. The normalized spacial score (nSPS) is 16.3. The molecule has 0 bridgehead atoms. The third kappa shape index (κ3) is 6.02. The lowest BCUT2D eigenvalue weighted by Gasteiger charge is -2.19. The lowest BCUT2D eigenvalue weighted by atomic mass is 10.1. The molecule has 1 aliphatic rings. The molecule has 5 nitrogen and oxygen atoms in total. The average molecular weight is 332 g/mol. The maximum atomic E-state index is 4.51. The number of hydrogen-bond acceptors (Lipinski definition) is 3. The van der Waals surface area contributed by atoms with Gasteiger partial charge in [-0.2, -0.15) is 0 Å². The Hall–Kier alpha value is -1.78. The van der Waals surface area contributed by atoms with Crippen molar-refractivity contribution in [2.45, 2.75) is 65.0 Å². The van der Waals surface area contributed by atoms with Crippen LogP contribution < -0.4 is 15.5 Å². The molecule has 2 N–H and O–H groups in total. The van der Waals surface area contributed by atoms with E-state index in [4.69, 9.17) is 0 Å². The molecule has 1 atom stereocenters. The molecule has 0 aromatic carbocycles. The number of anilines is 1. The van der Waals surface area contributed by atoms with Crippen molar-refractivity contribution in [2.75, 3.05) is 25.0 Å². The van der Waals surface area contributed by atoms with Crippen molar-refractivity contribution in [1.82, 2.24) is 15.6 Å². The van der Waals surface area contributed by atoms with Gasteiger partial charge in [-0.3, -0.25) is 4.99 Å². The second-order valence-electron chi connectivity index (χ2n) is 6.68. The van der Waals surface area contributed by atoms with Crippen molar-refractivity contribution in [2.24, 2.45) is 4.99 Å². The summed E-state index contributed by atoms with van der Waals surface area (Å²) >= 11 is 0. The summed E-state index contributed by atoms with van der Waals surface area (Å²) in [5.74, 6) is 1.97. The molecule has 24 heavy (non-hydrogen) atoms. The molecule has 0 radical (unpaired) electrons. The lowest BCUT2D eigenvalue weighted by Crippen LogP contribution is -2.41. The van der Waals surface area contributed by atoms with Gasteiger partial charge in [-0.25, -0.2) is 4.98 Å². The third-order valence-electron chi connectivity index (χ3n) is 4.55. The Morgan fingerprint density at radius 2 is 2.12 bits per heavy atom. The molecule has 0 aliphatic carbocycles. The molecule has 1 aliphatic heterocycles. The molecule has 0 spiro atoms. The first kappa shape index (κ1) is 18.6. The summed E-state index contributed by atoms with van der Waals surface area (Å²) in [6, 6.07) is 4.71. The minimum atomic E-state index is 0.445. The zero-order valence-corrected chi connectivity index (χ0v) is 15.5. The van der Waals surface area contributed by atoms with Gasteiger partial charge in [-0.15, -0.1) is 0 Å². The van der Waals surface area contributed by atoms with Gasteiger partial charge < -0.3 is 15.5 Å². The maximum absolute atomic E-state index is 4.51. The number of unbranched alkanes of at least 4 members (excludes halogenated alkanes) is 2. The van der Waals surface area contributed by atoms with Gasteiger partial charge in [0.2, 0.25) is 0 Å². The highest BCUT2D eigenvalue weighted by Crippen LogP contribution is 2.18. The predicted molar refractivity (Wildman–Crippen MR) is 103 cm³/mol. The minimum Gasteiger partial charge on any atom is -0.357 e. The van der Waals surface area contributed by atoms with E-state index < -0.39 is 0 Å². The number of pyridine rings is 1. The fourth-order valence-electron chi connectivity index (χ4n) is 3.08. The molecule has 1 fully saturated rings. The van der Waals surface area contributed by atoms with Crippen LogP contribution in [0.3, 0.4) is 0 Å². The van der Waals surface area contributed by atoms with Crippen LogP contribution in [0.2, 0.25) is 0 Å². The van der Waals surface area contributed by atoms with E-state index in [1.54, 1.807) is 0 Å². The molecule has 5 heteroatoms. The topological polar surface area (TPSA) is 52.6 Å². The first-order chi connectivity index (χ1) is 11.7. The van der Waals surface area contributed by atoms with E-state index in [9.17, 15) is 0 Å². The van der Waals surface area contributed by atoms with E-state index >= 15 is 0 Å². The molecular weight excluding hydrogens is 298 g/mol. The molecule has 2 rings (SSSR count). The van der Waals surface area contributed by atoms with Crippen LogP contribution in [0, 0.1) is 0 Å². The Morgan fingerprint density at radius 3 is 2.83 bits per heavy atom. The van der Waals surface area contributed by atoms with Crippen LogP contribution in [0.5, 0.6) is 0 Å². The minimum absolute atomic E-state index is 0.445. The number of nitrogens with zero attached hydrogens (tertiary/aromatic N) is 3. The molecular formula is C19H33N5. The van der Waals surface area contributed by atoms with Gasteiger partial charge in [-0.1, -0.05) is 26.2 Å². The van der Waals surface area contributed by atoms with Gasteiger partial charge >= 0.3 is 0 Å². The standard InChI is InChI=1S/C19H33N5/c1-4-5-6-9-16(2)23-19(20-3)22-15-17-10-11-21-18(14-17)24-12-7-8-13-24/h10-11,14,16H,4-9,12-13,15H2,1-3H3,(H2,20,22,23). The zero-order valence-electron chi connectivity index (χ0n) is 15.5. The summed E-state index contributed by atoms with van der Waals surface area (Å²) in [5.41, 5.74) is 1.24. The maximum Gasteiger partial charge on any atom is 0.191 e. The van der Waals surface area contributed by atoms with Crippen LogP contribution in [-0.4, -0.2) is 37.1 Å². The van der Waals surface area contributed by atoms with E-state index in [0.29, 0.717) is 6.04 Å². The Kier molecular flexibility index (Phi) is 7.86. The van der Waals surface area contributed by atoms with Crippen LogP contribution >= 0.6 is 0 Å². The first-order valence-corrected chi connectivity index (χ1v) is 9.40. The molecule has 0 amide bonds. The SMILES string of the molecule is CCCCCC(C)NC(=NC)NCc1ccnc(N2CCCC2)c1.